The Balaban J connectivity index is 0.00000289. The van der Waals surface area contributed by atoms with Crippen molar-refractivity contribution in [2.45, 2.75) is 44.3 Å². The fourth-order valence-electron chi connectivity index (χ4n) is 1.83. The van der Waals surface area contributed by atoms with Gasteiger partial charge >= 0.3 is 30.8 Å². The van der Waals surface area contributed by atoms with Gasteiger partial charge in [0, 0.05) is 0 Å². The SMILES string of the molecule is CCCCC(CC1CC(=O)OC1=O)S(=O)(=O)[O-].[Li+]. The summed E-state index contributed by atoms with van der Waals surface area (Å²) in [5, 5.41) is -1.11. The summed E-state index contributed by atoms with van der Waals surface area (Å²) in [5.74, 6) is -2.16. The van der Waals surface area contributed by atoms with Crippen molar-refractivity contribution in [3.8, 4) is 0 Å². The summed E-state index contributed by atoms with van der Waals surface area (Å²) >= 11 is 0. The van der Waals surface area contributed by atoms with E-state index < -0.39 is 33.2 Å². The molecule has 0 radical (unpaired) electrons. The van der Waals surface area contributed by atoms with Crippen molar-refractivity contribution in [1.29, 1.82) is 0 Å². The third kappa shape index (κ3) is 5.10. The monoisotopic (exact) mass is 270 g/mol. The normalized spacial score (nSPS) is 21.3. The van der Waals surface area contributed by atoms with Crippen LogP contribution in [-0.4, -0.2) is 30.2 Å². The molecule has 98 valence electrons. The first kappa shape index (κ1) is 17.6. The van der Waals surface area contributed by atoms with Crippen molar-refractivity contribution in [2.75, 3.05) is 0 Å². The van der Waals surface area contributed by atoms with Crippen LogP contribution in [0.25, 0.3) is 0 Å². The maximum absolute atomic E-state index is 11.2. The summed E-state index contributed by atoms with van der Waals surface area (Å²) < 4.78 is 37.4. The predicted molar refractivity (Wildman–Crippen MR) is 56.8 cm³/mol. The third-order valence-corrected chi connectivity index (χ3v) is 4.04. The molecule has 1 aliphatic heterocycles. The van der Waals surface area contributed by atoms with Crippen molar-refractivity contribution >= 4 is 22.1 Å². The molecule has 0 N–H and O–H groups in total. The molecule has 6 nitrogen and oxygen atoms in total. The molecule has 0 aromatic rings. The molecular weight excluding hydrogens is 255 g/mol. The van der Waals surface area contributed by atoms with Gasteiger partial charge in [-0.2, -0.15) is 0 Å². The van der Waals surface area contributed by atoms with Gasteiger partial charge in [-0.15, -0.1) is 0 Å². The second-order valence-electron chi connectivity index (χ2n) is 4.19. The Morgan fingerprint density at radius 1 is 1.44 bits per heavy atom. The van der Waals surface area contributed by atoms with Gasteiger partial charge in [-0.3, -0.25) is 9.59 Å². The Bertz CT molecular complexity index is 405. The van der Waals surface area contributed by atoms with Crippen LogP contribution in [-0.2, 0) is 24.4 Å². The van der Waals surface area contributed by atoms with Gasteiger partial charge < -0.3 is 9.29 Å². The quantitative estimate of drug-likeness (QED) is 0.230. The molecule has 0 aromatic carbocycles. The van der Waals surface area contributed by atoms with Crippen LogP contribution < -0.4 is 18.9 Å². The number of unbranched alkanes of at least 4 members (excludes halogenated alkanes) is 1. The second-order valence-corrected chi connectivity index (χ2v) is 5.84. The van der Waals surface area contributed by atoms with E-state index in [1.807, 2.05) is 6.92 Å². The van der Waals surface area contributed by atoms with Crippen molar-refractivity contribution < 1.29 is 46.2 Å². The van der Waals surface area contributed by atoms with Gasteiger partial charge in [-0.1, -0.05) is 19.8 Å². The van der Waals surface area contributed by atoms with Crippen LogP contribution in [0.2, 0.25) is 0 Å². The Kier molecular flexibility index (Phi) is 7.15. The molecule has 1 saturated heterocycles. The van der Waals surface area contributed by atoms with Crippen molar-refractivity contribution in [1.82, 2.24) is 0 Å². The zero-order valence-electron chi connectivity index (χ0n) is 10.5. The van der Waals surface area contributed by atoms with Crippen LogP contribution in [0.4, 0.5) is 0 Å². The standard InChI is InChI=1S/C10H16O6S.Li/c1-2-3-4-8(17(13,14)15)5-7-6-9(11)16-10(7)12;/h7-8H,2-6H2,1H3,(H,13,14,15);/q;+1/p-1. The van der Waals surface area contributed by atoms with Crippen LogP contribution >= 0.6 is 0 Å². The van der Waals surface area contributed by atoms with Crippen LogP contribution in [0.5, 0.6) is 0 Å². The van der Waals surface area contributed by atoms with Gasteiger partial charge in [0.2, 0.25) is 0 Å². The molecule has 0 saturated carbocycles. The second kappa shape index (κ2) is 7.29. The average molecular weight is 270 g/mol. The largest absolute Gasteiger partial charge is 1.00 e. The van der Waals surface area contributed by atoms with Gasteiger partial charge in [0.25, 0.3) is 0 Å². The van der Waals surface area contributed by atoms with Crippen molar-refractivity contribution in [3.63, 3.8) is 0 Å². The zero-order chi connectivity index (χ0) is 13.1. The van der Waals surface area contributed by atoms with E-state index in [0.717, 1.165) is 6.42 Å². The molecule has 2 atom stereocenters. The van der Waals surface area contributed by atoms with E-state index in [1.54, 1.807) is 0 Å². The smallest absolute Gasteiger partial charge is 0.748 e. The van der Waals surface area contributed by atoms with E-state index >= 15 is 0 Å². The summed E-state index contributed by atoms with van der Waals surface area (Å²) in [6.45, 7) is 1.88. The van der Waals surface area contributed by atoms with Crippen LogP contribution in [0.15, 0.2) is 0 Å². The molecule has 1 fully saturated rings. The molecule has 0 bridgehead atoms. The Morgan fingerprint density at radius 3 is 2.44 bits per heavy atom. The van der Waals surface area contributed by atoms with E-state index in [9.17, 15) is 22.6 Å². The molecular formula is C10H15LiO6S. The number of ether oxygens (including phenoxy) is 1. The molecule has 1 rings (SSSR count). The van der Waals surface area contributed by atoms with Crippen molar-refractivity contribution in [3.05, 3.63) is 0 Å². The van der Waals surface area contributed by atoms with Crippen LogP contribution in [0.1, 0.15) is 39.0 Å². The first-order valence-electron chi connectivity index (χ1n) is 5.53. The number of carbonyl (C=O) groups is 2. The summed E-state index contributed by atoms with van der Waals surface area (Å²) in [6, 6.07) is 0. The minimum Gasteiger partial charge on any atom is -0.748 e. The summed E-state index contributed by atoms with van der Waals surface area (Å²) in [7, 11) is -4.43. The summed E-state index contributed by atoms with van der Waals surface area (Å²) in [6.07, 6.45) is 1.34. The maximum atomic E-state index is 11.2. The minimum absolute atomic E-state index is 0. The van der Waals surface area contributed by atoms with E-state index in [1.165, 1.54) is 0 Å². The maximum Gasteiger partial charge on any atom is 1.00 e. The number of rotatable bonds is 6. The molecule has 0 aliphatic carbocycles. The van der Waals surface area contributed by atoms with E-state index in [0.29, 0.717) is 6.42 Å². The Hall–Kier alpha value is -0.353. The molecule has 0 aromatic heterocycles. The van der Waals surface area contributed by atoms with Gasteiger partial charge in [0.1, 0.15) is 0 Å². The zero-order valence-corrected chi connectivity index (χ0v) is 11.4. The fraction of sp³-hybridized carbons (Fsp3) is 0.800. The minimum atomic E-state index is -4.43. The number of hydrogen-bond acceptors (Lipinski definition) is 6. The number of hydrogen-bond donors (Lipinski definition) is 0. The molecule has 1 heterocycles. The molecule has 2 unspecified atom stereocenters. The summed E-state index contributed by atoms with van der Waals surface area (Å²) in [5.41, 5.74) is 0. The number of carbonyl (C=O) groups excluding carboxylic acids is 2. The Labute approximate surface area is 118 Å². The number of cyclic esters (lactones) is 2. The van der Waals surface area contributed by atoms with E-state index in [4.69, 9.17) is 0 Å². The van der Waals surface area contributed by atoms with E-state index in [-0.39, 0.29) is 38.1 Å². The summed E-state index contributed by atoms with van der Waals surface area (Å²) in [4.78, 5) is 22.0. The van der Waals surface area contributed by atoms with Crippen LogP contribution in [0.3, 0.4) is 0 Å². The average Bonchev–Trinajstić information content (AvgIpc) is 2.50. The first-order chi connectivity index (χ1) is 7.84. The molecule has 1 aliphatic rings. The molecule has 0 amide bonds. The van der Waals surface area contributed by atoms with Gasteiger partial charge in [-0.05, 0) is 12.8 Å². The fourth-order valence-corrected chi connectivity index (χ4v) is 2.75. The molecule has 0 spiro atoms. The first-order valence-corrected chi connectivity index (χ1v) is 7.01. The molecule has 18 heavy (non-hydrogen) atoms. The Morgan fingerprint density at radius 2 is 2.06 bits per heavy atom. The third-order valence-electron chi connectivity index (χ3n) is 2.80. The van der Waals surface area contributed by atoms with E-state index in [2.05, 4.69) is 4.74 Å². The predicted octanol–water partition coefficient (Wildman–Crippen LogP) is -2.43. The van der Waals surface area contributed by atoms with Crippen molar-refractivity contribution in [2.24, 2.45) is 5.92 Å². The molecule has 8 heteroatoms. The van der Waals surface area contributed by atoms with Crippen LogP contribution in [0, 0.1) is 5.92 Å². The topological polar surface area (TPSA) is 101 Å². The number of esters is 2. The van der Waals surface area contributed by atoms with Gasteiger partial charge in [0.15, 0.2) is 0 Å². The van der Waals surface area contributed by atoms with Gasteiger partial charge in [-0.25, -0.2) is 8.42 Å². The van der Waals surface area contributed by atoms with Gasteiger partial charge in [0.05, 0.1) is 27.7 Å².